The Morgan fingerprint density at radius 2 is 1.71 bits per heavy atom. The quantitative estimate of drug-likeness (QED) is 0.714. The topological polar surface area (TPSA) is 62.9 Å². The average Bonchev–Trinajstić information content (AvgIpc) is 3.13. The lowest BCUT2D eigenvalue weighted by Gasteiger charge is -2.40. The molecule has 1 aliphatic heterocycles. The lowest BCUT2D eigenvalue weighted by atomic mass is 9.97. The molecular weight excluding hydrogens is 372 g/mol. The van der Waals surface area contributed by atoms with E-state index in [4.69, 9.17) is 4.74 Å². The van der Waals surface area contributed by atoms with Crippen LogP contribution in [0.15, 0.2) is 24.3 Å². The zero-order valence-corrected chi connectivity index (χ0v) is 17.9. The van der Waals surface area contributed by atoms with Crippen LogP contribution in [0.3, 0.4) is 0 Å². The van der Waals surface area contributed by atoms with Gasteiger partial charge in [-0.05, 0) is 37.8 Å². The van der Waals surface area contributed by atoms with Crippen LogP contribution in [0.5, 0.6) is 5.88 Å². The normalized spacial score (nSPS) is 22.2. The Morgan fingerprint density at radius 1 is 1.11 bits per heavy atom. The van der Waals surface area contributed by atoms with E-state index < -0.39 is 0 Å². The number of ether oxygens (including phenoxy) is 1. The third-order valence-corrected chi connectivity index (χ3v) is 6.36. The maximum absolute atomic E-state index is 11.0. The summed E-state index contributed by atoms with van der Waals surface area (Å²) in [4.78, 5) is 8.46. The average molecular weight is 401 g/mol. The number of benzene rings is 1. The SMILES string of the molecule is Cc1nc2sc([C@@H](c3ccc(C(C)C)cc3)N3C[C@@H](C)O[C@H](C)C3)c(O)n2n1. The zero-order valence-electron chi connectivity index (χ0n) is 17.1. The number of rotatable bonds is 4. The van der Waals surface area contributed by atoms with Crippen LogP contribution in [0.2, 0.25) is 0 Å². The fourth-order valence-electron chi connectivity index (χ4n) is 4.05. The minimum absolute atomic E-state index is 0.0520. The molecule has 7 heteroatoms. The molecule has 3 aromatic rings. The Kier molecular flexibility index (Phi) is 5.16. The van der Waals surface area contributed by atoms with Crippen molar-refractivity contribution in [2.45, 2.75) is 58.8 Å². The molecule has 3 heterocycles. The van der Waals surface area contributed by atoms with Gasteiger partial charge in [-0.1, -0.05) is 49.4 Å². The highest BCUT2D eigenvalue weighted by molar-refractivity contribution is 7.17. The van der Waals surface area contributed by atoms with Gasteiger partial charge in [-0.25, -0.2) is 4.98 Å². The summed E-state index contributed by atoms with van der Waals surface area (Å²) in [6, 6.07) is 8.71. The van der Waals surface area contributed by atoms with Gasteiger partial charge in [0.15, 0.2) is 0 Å². The van der Waals surface area contributed by atoms with Crippen molar-refractivity contribution in [1.82, 2.24) is 19.5 Å². The first kappa shape index (κ1) is 19.4. The minimum atomic E-state index is -0.0520. The summed E-state index contributed by atoms with van der Waals surface area (Å²) in [5.41, 5.74) is 2.48. The Labute approximate surface area is 169 Å². The Balaban J connectivity index is 1.80. The van der Waals surface area contributed by atoms with E-state index in [0.717, 1.165) is 22.9 Å². The zero-order chi connectivity index (χ0) is 20.0. The van der Waals surface area contributed by atoms with Gasteiger partial charge in [-0.3, -0.25) is 4.90 Å². The second kappa shape index (κ2) is 7.46. The molecule has 1 aromatic carbocycles. The van der Waals surface area contributed by atoms with Gasteiger partial charge in [-0.2, -0.15) is 4.52 Å². The number of hydrogen-bond acceptors (Lipinski definition) is 6. The molecule has 0 amide bonds. The molecule has 3 atom stereocenters. The van der Waals surface area contributed by atoms with Crippen LogP contribution in [-0.4, -0.2) is 49.9 Å². The highest BCUT2D eigenvalue weighted by atomic mass is 32.1. The standard InChI is InChI=1S/C21H28N4O2S/c1-12(2)16-6-8-17(9-7-16)18(24-10-13(3)27-14(4)11-24)19-20(26)25-21(28-19)22-15(5)23-25/h6-9,12-14,18,26H,10-11H2,1-5H3/t13-,14-,18-/m1/s1. The highest BCUT2D eigenvalue weighted by Gasteiger charge is 2.34. The Morgan fingerprint density at radius 3 is 2.29 bits per heavy atom. The monoisotopic (exact) mass is 400 g/mol. The van der Waals surface area contributed by atoms with Crippen LogP contribution < -0.4 is 0 Å². The summed E-state index contributed by atoms with van der Waals surface area (Å²) in [5, 5.41) is 15.3. The van der Waals surface area contributed by atoms with Crippen LogP contribution >= 0.6 is 11.3 Å². The fraction of sp³-hybridized carbons (Fsp3) is 0.524. The number of nitrogens with zero attached hydrogens (tertiary/aromatic N) is 4. The van der Waals surface area contributed by atoms with Gasteiger partial charge in [0.2, 0.25) is 10.8 Å². The first-order valence-electron chi connectivity index (χ1n) is 9.88. The molecule has 1 N–H and O–H groups in total. The number of thiazole rings is 1. The predicted molar refractivity (Wildman–Crippen MR) is 111 cm³/mol. The van der Waals surface area contributed by atoms with Gasteiger partial charge < -0.3 is 9.84 Å². The molecule has 0 saturated carbocycles. The molecule has 6 nitrogen and oxygen atoms in total. The summed E-state index contributed by atoms with van der Waals surface area (Å²) in [6.45, 7) is 12.1. The van der Waals surface area contributed by atoms with Gasteiger partial charge in [0.1, 0.15) is 5.82 Å². The molecule has 4 rings (SSSR count). The summed E-state index contributed by atoms with van der Waals surface area (Å²) in [5.74, 6) is 1.34. The largest absolute Gasteiger partial charge is 0.492 e. The predicted octanol–water partition coefficient (Wildman–Crippen LogP) is 4.13. The van der Waals surface area contributed by atoms with Crippen molar-refractivity contribution < 1.29 is 9.84 Å². The van der Waals surface area contributed by atoms with Crippen molar-refractivity contribution in [2.75, 3.05) is 13.1 Å². The van der Waals surface area contributed by atoms with Crippen molar-refractivity contribution in [2.24, 2.45) is 0 Å². The molecular formula is C21H28N4O2S. The van der Waals surface area contributed by atoms with Crippen LogP contribution in [0, 0.1) is 6.92 Å². The molecule has 1 fully saturated rings. The van der Waals surface area contributed by atoms with Crippen molar-refractivity contribution in [3.05, 3.63) is 46.1 Å². The second-order valence-electron chi connectivity index (χ2n) is 8.08. The third-order valence-electron chi connectivity index (χ3n) is 5.29. The van der Waals surface area contributed by atoms with Crippen molar-refractivity contribution >= 4 is 16.3 Å². The fourth-order valence-corrected chi connectivity index (χ4v) is 5.21. The van der Waals surface area contributed by atoms with E-state index in [2.05, 4.69) is 66.9 Å². The molecule has 28 heavy (non-hydrogen) atoms. The van der Waals surface area contributed by atoms with Gasteiger partial charge in [0.25, 0.3) is 0 Å². The Bertz CT molecular complexity index is 953. The Hall–Kier alpha value is -1.96. The van der Waals surface area contributed by atoms with E-state index >= 15 is 0 Å². The highest BCUT2D eigenvalue weighted by Crippen LogP contribution is 2.41. The maximum atomic E-state index is 11.0. The lowest BCUT2D eigenvalue weighted by molar-refractivity contribution is -0.0764. The first-order valence-corrected chi connectivity index (χ1v) is 10.7. The van der Waals surface area contributed by atoms with E-state index in [1.807, 2.05) is 6.92 Å². The number of morpholine rings is 1. The summed E-state index contributed by atoms with van der Waals surface area (Å²) in [7, 11) is 0. The number of aryl methyl sites for hydroxylation is 1. The van der Waals surface area contributed by atoms with Crippen LogP contribution in [-0.2, 0) is 4.74 Å². The molecule has 0 radical (unpaired) electrons. The van der Waals surface area contributed by atoms with E-state index in [-0.39, 0.29) is 24.1 Å². The number of hydrogen-bond donors (Lipinski definition) is 1. The number of aromatic nitrogens is 3. The number of aromatic hydroxyl groups is 1. The third kappa shape index (κ3) is 3.54. The van der Waals surface area contributed by atoms with E-state index in [1.54, 1.807) is 4.52 Å². The minimum Gasteiger partial charge on any atom is -0.492 e. The van der Waals surface area contributed by atoms with Gasteiger partial charge in [0, 0.05) is 13.1 Å². The molecule has 1 saturated heterocycles. The smallest absolute Gasteiger partial charge is 0.230 e. The molecule has 0 aliphatic carbocycles. The van der Waals surface area contributed by atoms with E-state index in [0.29, 0.717) is 11.7 Å². The maximum Gasteiger partial charge on any atom is 0.230 e. The molecule has 2 aromatic heterocycles. The van der Waals surface area contributed by atoms with Gasteiger partial charge >= 0.3 is 0 Å². The summed E-state index contributed by atoms with van der Waals surface area (Å²) < 4.78 is 7.50. The summed E-state index contributed by atoms with van der Waals surface area (Å²) in [6.07, 6.45) is 0.292. The lowest BCUT2D eigenvalue weighted by Crippen LogP contribution is -2.47. The molecule has 1 aliphatic rings. The molecule has 0 bridgehead atoms. The van der Waals surface area contributed by atoms with Crippen molar-refractivity contribution in [3.8, 4) is 5.88 Å². The van der Waals surface area contributed by atoms with Gasteiger partial charge in [0.05, 0.1) is 23.1 Å². The second-order valence-corrected chi connectivity index (χ2v) is 9.09. The summed E-state index contributed by atoms with van der Waals surface area (Å²) >= 11 is 1.51. The van der Waals surface area contributed by atoms with Crippen molar-refractivity contribution in [3.63, 3.8) is 0 Å². The van der Waals surface area contributed by atoms with Crippen molar-refractivity contribution in [1.29, 1.82) is 0 Å². The van der Waals surface area contributed by atoms with Crippen LogP contribution in [0.25, 0.3) is 4.96 Å². The van der Waals surface area contributed by atoms with Crippen LogP contribution in [0.4, 0.5) is 0 Å². The molecule has 0 unspecified atom stereocenters. The molecule has 150 valence electrons. The van der Waals surface area contributed by atoms with Crippen LogP contribution in [0.1, 0.15) is 61.5 Å². The number of fused-ring (bicyclic) bond motifs is 1. The first-order chi connectivity index (χ1) is 13.3. The molecule has 0 spiro atoms. The van der Waals surface area contributed by atoms with E-state index in [9.17, 15) is 5.11 Å². The van der Waals surface area contributed by atoms with Gasteiger partial charge in [-0.15, -0.1) is 5.10 Å². The van der Waals surface area contributed by atoms with E-state index in [1.165, 1.54) is 22.5 Å².